The summed E-state index contributed by atoms with van der Waals surface area (Å²) in [6.07, 6.45) is 2.54. The van der Waals surface area contributed by atoms with Crippen LogP contribution < -0.4 is 14.9 Å². The molecule has 0 bridgehead atoms. The molecule has 1 saturated heterocycles. The van der Waals surface area contributed by atoms with Gasteiger partial charge in [0, 0.05) is 25.3 Å². The summed E-state index contributed by atoms with van der Waals surface area (Å²) in [6, 6.07) is 10.9. The van der Waals surface area contributed by atoms with Crippen molar-refractivity contribution in [2.75, 3.05) is 24.5 Å². The quantitative estimate of drug-likeness (QED) is 0.780. The van der Waals surface area contributed by atoms with Crippen LogP contribution in [-0.4, -0.2) is 45.0 Å². The molecule has 1 aromatic carbocycles. The number of carbonyl (C=O) groups excluding carboxylic acids is 1. The van der Waals surface area contributed by atoms with E-state index in [2.05, 4.69) is 19.9 Å². The summed E-state index contributed by atoms with van der Waals surface area (Å²) < 4.78 is 27.3. The standard InChI is InChI=1S/C19H24N4O3S/c1-14-6-7-15(2)17(11-14)27(25,26)21-12-19(24)22-16-8-10-23(13-16)18-5-3-4-9-20-18/h3-7,9,11,16,21H,8,10,12-13H2,1-2H3,(H,22,24). The fraction of sp³-hybridized carbons (Fsp3) is 0.368. The van der Waals surface area contributed by atoms with Gasteiger partial charge in [0.05, 0.1) is 11.4 Å². The number of sulfonamides is 1. The topological polar surface area (TPSA) is 91.4 Å². The zero-order chi connectivity index (χ0) is 19.4. The van der Waals surface area contributed by atoms with Crippen molar-refractivity contribution in [1.82, 2.24) is 15.0 Å². The number of hydrogen-bond donors (Lipinski definition) is 2. The van der Waals surface area contributed by atoms with E-state index in [1.54, 1.807) is 25.3 Å². The largest absolute Gasteiger partial charge is 0.354 e. The molecule has 1 aromatic heterocycles. The first-order chi connectivity index (χ1) is 12.8. The van der Waals surface area contributed by atoms with Crippen LogP contribution in [0.15, 0.2) is 47.5 Å². The first-order valence-corrected chi connectivity index (χ1v) is 10.4. The number of nitrogens with zero attached hydrogens (tertiary/aromatic N) is 2. The van der Waals surface area contributed by atoms with Crippen LogP contribution in [0, 0.1) is 13.8 Å². The van der Waals surface area contributed by atoms with Crippen molar-refractivity contribution in [2.24, 2.45) is 0 Å². The highest BCUT2D eigenvalue weighted by atomic mass is 32.2. The molecule has 0 radical (unpaired) electrons. The zero-order valence-corrected chi connectivity index (χ0v) is 16.3. The molecule has 7 nitrogen and oxygen atoms in total. The molecule has 2 N–H and O–H groups in total. The third-order valence-electron chi connectivity index (χ3n) is 4.58. The summed E-state index contributed by atoms with van der Waals surface area (Å²) in [6.45, 7) is 4.75. The lowest BCUT2D eigenvalue weighted by Crippen LogP contribution is -2.43. The molecule has 2 aromatic rings. The van der Waals surface area contributed by atoms with E-state index >= 15 is 0 Å². The fourth-order valence-corrected chi connectivity index (χ4v) is 4.45. The Balaban J connectivity index is 1.53. The van der Waals surface area contributed by atoms with Crippen LogP contribution >= 0.6 is 0 Å². The van der Waals surface area contributed by atoms with Gasteiger partial charge < -0.3 is 10.2 Å². The van der Waals surface area contributed by atoms with Gasteiger partial charge in [-0.25, -0.2) is 18.1 Å². The number of nitrogens with one attached hydrogen (secondary N) is 2. The van der Waals surface area contributed by atoms with Gasteiger partial charge in [0.15, 0.2) is 0 Å². The Morgan fingerprint density at radius 3 is 2.81 bits per heavy atom. The molecule has 1 atom stereocenters. The third-order valence-corrected chi connectivity index (χ3v) is 6.13. The summed E-state index contributed by atoms with van der Waals surface area (Å²) in [7, 11) is -3.73. The van der Waals surface area contributed by atoms with E-state index in [1.807, 2.05) is 31.2 Å². The second-order valence-corrected chi connectivity index (χ2v) is 8.52. The first-order valence-electron chi connectivity index (χ1n) is 8.87. The van der Waals surface area contributed by atoms with Crippen molar-refractivity contribution in [3.8, 4) is 0 Å². The molecule has 1 unspecified atom stereocenters. The second kappa shape index (κ2) is 8.06. The van der Waals surface area contributed by atoms with Crippen LogP contribution in [-0.2, 0) is 14.8 Å². The van der Waals surface area contributed by atoms with E-state index in [4.69, 9.17) is 0 Å². The van der Waals surface area contributed by atoms with Gasteiger partial charge in [-0.1, -0.05) is 18.2 Å². The molecular weight excluding hydrogens is 364 g/mol. The van der Waals surface area contributed by atoms with Crippen molar-refractivity contribution in [1.29, 1.82) is 0 Å². The summed E-state index contributed by atoms with van der Waals surface area (Å²) in [5, 5.41) is 2.89. The number of hydrogen-bond acceptors (Lipinski definition) is 5. The maximum Gasteiger partial charge on any atom is 0.241 e. The van der Waals surface area contributed by atoms with Crippen molar-refractivity contribution in [3.05, 3.63) is 53.7 Å². The number of aromatic nitrogens is 1. The van der Waals surface area contributed by atoms with Crippen molar-refractivity contribution < 1.29 is 13.2 Å². The van der Waals surface area contributed by atoms with Crippen LogP contribution in [0.3, 0.4) is 0 Å². The molecule has 27 heavy (non-hydrogen) atoms. The summed E-state index contributed by atoms with van der Waals surface area (Å²) in [5.74, 6) is 0.543. The lowest BCUT2D eigenvalue weighted by Gasteiger charge is -2.18. The Morgan fingerprint density at radius 2 is 2.07 bits per heavy atom. The van der Waals surface area contributed by atoms with Gasteiger partial charge in [0.2, 0.25) is 15.9 Å². The van der Waals surface area contributed by atoms with Crippen molar-refractivity contribution in [2.45, 2.75) is 31.2 Å². The predicted molar refractivity (Wildman–Crippen MR) is 104 cm³/mol. The van der Waals surface area contributed by atoms with Crippen LogP contribution in [0.1, 0.15) is 17.5 Å². The lowest BCUT2D eigenvalue weighted by atomic mass is 10.2. The molecule has 144 valence electrons. The van der Waals surface area contributed by atoms with Gasteiger partial charge in [0.1, 0.15) is 5.82 Å². The average molecular weight is 388 g/mol. The summed E-state index contributed by atoms with van der Waals surface area (Å²) in [5.41, 5.74) is 1.50. The van der Waals surface area contributed by atoms with Crippen LogP contribution in [0.5, 0.6) is 0 Å². The van der Waals surface area contributed by atoms with E-state index in [0.29, 0.717) is 12.1 Å². The van der Waals surface area contributed by atoms with Crippen LogP contribution in [0.2, 0.25) is 0 Å². The van der Waals surface area contributed by atoms with Gasteiger partial charge in [-0.2, -0.15) is 0 Å². The maximum atomic E-state index is 12.5. The van der Waals surface area contributed by atoms with E-state index in [9.17, 15) is 13.2 Å². The lowest BCUT2D eigenvalue weighted by molar-refractivity contribution is -0.120. The number of aryl methyl sites for hydroxylation is 2. The highest BCUT2D eigenvalue weighted by Gasteiger charge is 2.25. The van der Waals surface area contributed by atoms with Crippen molar-refractivity contribution in [3.63, 3.8) is 0 Å². The number of carbonyl (C=O) groups is 1. The molecule has 1 aliphatic rings. The molecule has 0 spiro atoms. The molecule has 2 heterocycles. The zero-order valence-electron chi connectivity index (χ0n) is 15.5. The third kappa shape index (κ3) is 4.84. The molecule has 1 aliphatic heterocycles. The van der Waals surface area contributed by atoms with Crippen molar-refractivity contribution >= 4 is 21.7 Å². The minimum absolute atomic E-state index is 0.0234. The Bertz CT molecular complexity index is 916. The second-order valence-electron chi connectivity index (χ2n) is 6.78. The predicted octanol–water partition coefficient (Wildman–Crippen LogP) is 1.37. The molecule has 1 fully saturated rings. The number of benzene rings is 1. The summed E-state index contributed by atoms with van der Waals surface area (Å²) in [4.78, 5) is 18.8. The summed E-state index contributed by atoms with van der Waals surface area (Å²) >= 11 is 0. The highest BCUT2D eigenvalue weighted by molar-refractivity contribution is 7.89. The number of anilines is 1. The number of pyridine rings is 1. The smallest absolute Gasteiger partial charge is 0.241 e. The van der Waals surface area contributed by atoms with Gasteiger partial charge in [-0.05, 0) is 49.6 Å². The van der Waals surface area contributed by atoms with E-state index < -0.39 is 10.0 Å². The van der Waals surface area contributed by atoms with Crippen LogP contribution in [0.4, 0.5) is 5.82 Å². The molecule has 0 aliphatic carbocycles. The van der Waals surface area contributed by atoms with Gasteiger partial charge in [-0.15, -0.1) is 0 Å². The Morgan fingerprint density at radius 1 is 1.26 bits per heavy atom. The minimum atomic E-state index is -3.73. The average Bonchev–Trinajstić information content (AvgIpc) is 3.11. The van der Waals surface area contributed by atoms with E-state index in [-0.39, 0.29) is 23.4 Å². The molecular formula is C19H24N4O3S. The van der Waals surface area contributed by atoms with Crippen LogP contribution in [0.25, 0.3) is 0 Å². The fourth-order valence-electron chi connectivity index (χ4n) is 3.14. The normalized spacial score (nSPS) is 17.1. The number of rotatable bonds is 6. The minimum Gasteiger partial charge on any atom is -0.354 e. The SMILES string of the molecule is Cc1ccc(C)c(S(=O)(=O)NCC(=O)NC2CCN(c3ccccn3)C2)c1. The monoisotopic (exact) mass is 388 g/mol. The maximum absolute atomic E-state index is 12.5. The highest BCUT2D eigenvalue weighted by Crippen LogP contribution is 2.18. The number of amides is 1. The Hall–Kier alpha value is -2.45. The molecule has 1 amide bonds. The molecule has 3 rings (SSSR count). The van der Waals surface area contributed by atoms with Gasteiger partial charge in [0.25, 0.3) is 0 Å². The molecule has 0 saturated carbocycles. The Labute approximate surface area is 159 Å². The Kier molecular flexibility index (Phi) is 5.76. The van der Waals surface area contributed by atoms with Gasteiger partial charge in [-0.3, -0.25) is 4.79 Å². The van der Waals surface area contributed by atoms with Gasteiger partial charge >= 0.3 is 0 Å². The first kappa shape index (κ1) is 19.3. The molecule has 8 heteroatoms. The van der Waals surface area contributed by atoms with E-state index in [0.717, 1.165) is 24.3 Å². The van der Waals surface area contributed by atoms with E-state index in [1.165, 1.54) is 0 Å².